The van der Waals surface area contributed by atoms with Crippen LogP contribution in [-0.2, 0) is 4.43 Å². The lowest BCUT2D eigenvalue weighted by molar-refractivity contribution is 0.281. The Morgan fingerprint density at radius 2 is 1.03 bits per heavy atom. The van der Waals surface area contributed by atoms with Gasteiger partial charge in [0.1, 0.15) is 23.2 Å². The van der Waals surface area contributed by atoms with Gasteiger partial charge < -0.3 is 4.43 Å². The van der Waals surface area contributed by atoms with Gasteiger partial charge >= 0.3 is 0 Å². The highest BCUT2D eigenvalue weighted by Crippen LogP contribution is 2.55. The van der Waals surface area contributed by atoms with Crippen molar-refractivity contribution in [2.24, 2.45) is 0 Å². The molecule has 0 unspecified atom stereocenters. The molecule has 0 spiro atoms. The lowest BCUT2D eigenvalue weighted by atomic mass is 10.2. The zero-order chi connectivity index (χ0) is 22.4. The number of benzene rings is 3. The molecular weight excluding hydrogens is 411 g/mol. The lowest BCUT2D eigenvalue weighted by Gasteiger charge is -2.36. The Kier molecular flexibility index (Phi) is 7.91. The molecule has 0 atom stereocenters. The molecule has 3 rings (SSSR count). The molecule has 0 aliphatic carbocycles. The standard InChI is InChI=1S/C28H38OPSi/c1-28(2,3)31(4,5)29-23-15-16-24-30(25-17-9-6-10-18-25,26-19-11-7-12-20-26)27-21-13-8-14-22-27/h6-14,17-22H,15-16,23-24H2,1-5H3/q+1. The van der Waals surface area contributed by atoms with Gasteiger partial charge in [-0.25, -0.2) is 0 Å². The molecule has 0 radical (unpaired) electrons. The SMILES string of the molecule is CC(C)(C)[Si](C)(C)OCCCC[P+](c1ccccc1)(c1ccccc1)c1ccccc1. The number of hydrogen-bond donors (Lipinski definition) is 0. The van der Waals surface area contributed by atoms with Crippen LogP contribution in [0.4, 0.5) is 0 Å². The van der Waals surface area contributed by atoms with Crippen molar-refractivity contribution in [2.75, 3.05) is 12.8 Å². The van der Waals surface area contributed by atoms with E-state index in [1.54, 1.807) is 0 Å². The average Bonchev–Trinajstić information content (AvgIpc) is 2.77. The van der Waals surface area contributed by atoms with E-state index in [1.165, 1.54) is 28.5 Å². The minimum absolute atomic E-state index is 0.266. The molecular formula is C28H38OPSi+. The van der Waals surface area contributed by atoms with Gasteiger partial charge in [-0.1, -0.05) is 75.4 Å². The van der Waals surface area contributed by atoms with E-state index in [0.29, 0.717) is 0 Å². The highest BCUT2D eigenvalue weighted by Gasteiger charge is 2.44. The minimum Gasteiger partial charge on any atom is -0.417 e. The smallest absolute Gasteiger partial charge is 0.191 e. The quantitative estimate of drug-likeness (QED) is 0.199. The van der Waals surface area contributed by atoms with Crippen molar-refractivity contribution in [2.45, 2.75) is 51.7 Å². The Bertz CT molecular complexity index is 821. The maximum atomic E-state index is 6.48. The topological polar surface area (TPSA) is 9.23 Å². The van der Waals surface area contributed by atoms with Gasteiger partial charge in [-0.15, -0.1) is 0 Å². The van der Waals surface area contributed by atoms with Crippen LogP contribution >= 0.6 is 7.26 Å². The van der Waals surface area contributed by atoms with Crippen molar-refractivity contribution in [1.82, 2.24) is 0 Å². The van der Waals surface area contributed by atoms with E-state index in [1.807, 2.05) is 0 Å². The predicted molar refractivity (Wildman–Crippen MR) is 142 cm³/mol. The summed E-state index contributed by atoms with van der Waals surface area (Å²) in [6.45, 7) is 12.5. The van der Waals surface area contributed by atoms with Crippen LogP contribution in [-0.4, -0.2) is 21.1 Å². The molecule has 0 fully saturated rings. The summed E-state index contributed by atoms with van der Waals surface area (Å²) in [7, 11) is -3.39. The fourth-order valence-corrected chi connectivity index (χ4v) is 9.37. The van der Waals surface area contributed by atoms with Crippen LogP contribution < -0.4 is 15.9 Å². The number of rotatable bonds is 9. The molecule has 0 heterocycles. The first kappa shape index (κ1) is 23.9. The normalized spacial score (nSPS) is 12.7. The Balaban J connectivity index is 1.88. The minimum atomic E-state index is -1.71. The molecule has 0 saturated carbocycles. The highest BCUT2D eigenvalue weighted by molar-refractivity contribution is 7.95. The van der Waals surface area contributed by atoms with Gasteiger partial charge in [0.15, 0.2) is 8.32 Å². The molecule has 164 valence electrons. The fraction of sp³-hybridized carbons (Fsp3) is 0.357. The number of hydrogen-bond acceptors (Lipinski definition) is 1. The van der Waals surface area contributed by atoms with Gasteiger partial charge in [0.05, 0.1) is 6.16 Å². The monoisotopic (exact) mass is 449 g/mol. The highest BCUT2D eigenvalue weighted by atomic mass is 31.2. The van der Waals surface area contributed by atoms with E-state index in [4.69, 9.17) is 4.43 Å². The molecule has 0 saturated heterocycles. The van der Waals surface area contributed by atoms with Crippen molar-refractivity contribution in [3.8, 4) is 0 Å². The third-order valence-electron chi connectivity index (χ3n) is 6.75. The zero-order valence-electron chi connectivity index (χ0n) is 19.8. The molecule has 3 aromatic rings. The molecule has 0 aliphatic rings. The second-order valence-electron chi connectivity index (χ2n) is 9.86. The Morgan fingerprint density at radius 1 is 0.645 bits per heavy atom. The van der Waals surface area contributed by atoms with E-state index in [-0.39, 0.29) is 5.04 Å². The summed E-state index contributed by atoms with van der Waals surface area (Å²) in [4.78, 5) is 0. The van der Waals surface area contributed by atoms with Crippen molar-refractivity contribution in [3.63, 3.8) is 0 Å². The van der Waals surface area contributed by atoms with Crippen LogP contribution in [0.5, 0.6) is 0 Å². The van der Waals surface area contributed by atoms with Gasteiger partial charge in [0.25, 0.3) is 0 Å². The molecule has 0 bridgehead atoms. The average molecular weight is 450 g/mol. The van der Waals surface area contributed by atoms with Crippen LogP contribution in [0.25, 0.3) is 0 Å². The fourth-order valence-electron chi connectivity index (χ4n) is 3.88. The number of unbranched alkanes of at least 4 members (excludes halogenated alkanes) is 1. The van der Waals surface area contributed by atoms with Gasteiger partial charge in [-0.3, -0.25) is 0 Å². The third-order valence-corrected chi connectivity index (χ3v) is 15.8. The first-order valence-corrected chi connectivity index (χ1v) is 16.3. The van der Waals surface area contributed by atoms with Gasteiger partial charge in [-0.2, -0.15) is 0 Å². The molecule has 0 amide bonds. The summed E-state index contributed by atoms with van der Waals surface area (Å²) >= 11 is 0. The summed E-state index contributed by atoms with van der Waals surface area (Å²) in [5, 5.41) is 4.68. The second kappa shape index (κ2) is 10.3. The maximum absolute atomic E-state index is 6.48. The van der Waals surface area contributed by atoms with Crippen molar-refractivity contribution >= 4 is 31.5 Å². The Labute approximate surface area is 191 Å². The summed E-state index contributed by atoms with van der Waals surface area (Å²) < 4.78 is 6.48. The van der Waals surface area contributed by atoms with Crippen LogP contribution in [0, 0.1) is 0 Å². The first-order valence-electron chi connectivity index (χ1n) is 11.5. The van der Waals surface area contributed by atoms with E-state index in [9.17, 15) is 0 Å². The van der Waals surface area contributed by atoms with Gasteiger partial charge in [-0.05, 0) is 67.4 Å². The van der Waals surface area contributed by atoms with Crippen LogP contribution in [0.3, 0.4) is 0 Å². The van der Waals surface area contributed by atoms with E-state index in [2.05, 4.69) is 125 Å². The zero-order valence-corrected chi connectivity index (χ0v) is 21.7. The molecule has 1 nitrogen and oxygen atoms in total. The Hall–Kier alpha value is -1.73. The van der Waals surface area contributed by atoms with E-state index in [0.717, 1.165) is 13.0 Å². The maximum Gasteiger partial charge on any atom is 0.191 e. The first-order chi connectivity index (χ1) is 14.8. The van der Waals surface area contributed by atoms with Gasteiger partial charge in [0.2, 0.25) is 0 Å². The molecule has 3 heteroatoms. The summed E-state index contributed by atoms with van der Waals surface area (Å²) in [6, 6.07) is 33.5. The van der Waals surface area contributed by atoms with E-state index >= 15 is 0 Å². The molecule has 0 N–H and O–H groups in total. The van der Waals surface area contributed by atoms with Gasteiger partial charge in [0, 0.05) is 6.61 Å². The summed E-state index contributed by atoms with van der Waals surface area (Å²) in [6.07, 6.45) is 3.45. The predicted octanol–water partition coefficient (Wildman–Crippen LogP) is 6.78. The van der Waals surface area contributed by atoms with Crippen molar-refractivity contribution < 1.29 is 4.43 Å². The second-order valence-corrected chi connectivity index (χ2v) is 18.3. The summed E-state index contributed by atoms with van der Waals surface area (Å²) in [5.41, 5.74) is 0. The molecule has 0 aromatic heterocycles. The molecule has 31 heavy (non-hydrogen) atoms. The summed E-state index contributed by atoms with van der Waals surface area (Å²) in [5.74, 6) is 0. The van der Waals surface area contributed by atoms with Crippen LogP contribution in [0.15, 0.2) is 91.0 Å². The third kappa shape index (κ3) is 5.55. The largest absolute Gasteiger partial charge is 0.417 e. The lowest BCUT2D eigenvalue weighted by Crippen LogP contribution is -2.41. The van der Waals surface area contributed by atoms with E-state index < -0.39 is 15.6 Å². The van der Waals surface area contributed by atoms with Crippen LogP contribution in [0.2, 0.25) is 18.1 Å². The van der Waals surface area contributed by atoms with Crippen molar-refractivity contribution in [1.29, 1.82) is 0 Å². The van der Waals surface area contributed by atoms with Crippen LogP contribution in [0.1, 0.15) is 33.6 Å². The Morgan fingerprint density at radius 3 is 1.39 bits per heavy atom. The van der Waals surface area contributed by atoms with Crippen molar-refractivity contribution in [3.05, 3.63) is 91.0 Å². The molecule has 0 aliphatic heterocycles. The molecule has 3 aromatic carbocycles.